The van der Waals surface area contributed by atoms with Crippen molar-refractivity contribution in [1.29, 1.82) is 0 Å². The van der Waals surface area contributed by atoms with Gasteiger partial charge in [-0.1, -0.05) is 6.07 Å². The molecule has 0 aliphatic carbocycles. The molecule has 1 atom stereocenters. The molecule has 0 radical (unpaired) electrons. The molecule has 0 aromatic carbocycles. The van der Waals surface area contributed by atoms with Crippen molar-refractivity contribution >= 4 is 21.4 Å². The molecule has 13 heavy (non-hydrogen) atoms. The molecule has 1 rings (SSSR count). The molecule has 3 N–H and O–H groups in total. The SMILES string of the molecule is CC(N)CNS(=O)(=O)c1cccs1. The van der Waals surface area contributed by atoms with Crippen molar-refractivity contribution in [2.75, 3.05) is 6.54 Å². The quantitative estimate of drug-likeness (QED) is 0.770. The van der Waals surface area contributed by atoms with E-state index in [-0.39, 0.29) is 12.6 Å². The predicted octanol–water partition coefficient (Wildman–Crippen LogP) is 0.374. The molecule has 1 heterocycles. The molecule has 0 amide bonds. The molecule has 6 heteroatoms. The molecule has 0 spiro atoms. The zero-order chi connectivity index (χ0) is 9.90. The summed E-state index contributed by atoms with van der Waals surface area (Å²) < 4.78 is 25.6. The Labute approximate surface area is 81.8 Å². The molecule has 0 aliphatic rings. The van der Waals surface area contributed by atoms with Gasteiger partial charge in [-0.3, -0.25) is 0 Å². The number of nitrogens with one attached hydrogen (secondary N) is 1. The fraction of sp³-hybridized carbons (Fsp3) is 0.429. The Morgan fingerprint density at radius 1 is 1.69 bits per heavy atom. The highest BCUT2D eigenvalue weighted by Crippen LogP contribution is 2.14. The lowest BCUT2D eigenvalue weighted by Gasteiger charge is -2.06. The van der Waals surface area contributed by atoms with Gasteiger partial charge in [0.15, 0.2) is 0 Å². The third-order valence-corrected chi connectivity index (χ3v) is 4.18. The Morgan fingerprint density at radius 3 is 2.85 bits per heavy atom. The molecule has 0 saturated heterocycles. The van der Waals surface area contributed by atoms with Gasteiger partial charge in [0.1, 0.15) is 4.21 Å². The lowest BCUT2D eigenvalue weighted by atomic mass is 10.4. The van der Waals surface area contributed by atoms with Gasteiger partial charge < -0.3 is 5.73 Å². The van der Waals surface area contributed by atoms with Crippen LogP contribution in [-0.4, -0.2) is 21.0 Å². The Hall–Kier alpha value is -0.430. The minimum atomic E-state index is -3.32. The van der Waals surface area contributed by atoms with Gasteiger partial charge in [-0.25, -0.2) is 13.1 Å². The van der Waals surface area contributed by atoms with E-state index in [0.29, 0.717) is 4.21 Å². The van der Waals surface area contributed by atoms with Crippen molar-refractivity contribution in [2.24, 2.45) is 5.73 Å². The van der Waals surface area contributed by atoms with Crippen LogP contribution in [0.25, 0.3) is 0 Å². The molecule has 4 nitrogen and oxygen atoms in total. The van der Waals surface area contributed by atoms with Crippen LogP contribution < -0.4 is 10.5 Å². The fourth-order valence-electron chi connectivity index (χ4n) is 0.729. The standard InChI is InChI=1S/C7H12N2O2S2/c1-6(8)5-9-13(10,11)7-3-2-4-12-7/h2-4,6,9H,5,8H2,1H3. The highest BCUT2D eigenvalue weighted by Gasteiger charge is 2.14. The van der Waals surface area contributed by atoms with Crippen LogP contribution in [-0.2, 0) is 10.0 Å². The van der Waals surface area contributed by atoms with E-state index in [1.165, 1.54) is 11.3 Å². The molecule has 0 aliphatic heterocycles. The van der Waals surface area contributed by atoms with Crippen LogP contribution in [0.2, 0.25) is 0 Å². The van der Waals surface area contributed by atoms with Crippen LogP contribution in [0.1, 0.15) is 6.92 Å². The third-order valence-electron chi connectivity index (χ3n) is 1.36. The van der Waals surface area contributed by atoms with Gasteiger partial charge in [0.2, 0.25) is 10.0 Å². The summed E-state index contributed by atoms with van der Waals surface area (Å²) in [5.41, 5.74) is 5.43. The van der Waals surface area contributed by atoms with Crippen molar-refractivity contribution in [1.82, 2.24) is 4.72 Å². The second-order valence-electron chi connectivity index (χ2n) is 2.76. The van der Waals surface area contributed by atoms with Crippen LogP contribution in [0.4, 0.5) is 0 Å². The molecule has 1 aromatic rings. The molecular formula is C7H12N2O2S2. The van der Waals surface area contributed by atoms with Crippen LogP contribution in [0, 0.1) is 0 Å². The second kappa shape index (κ2) is 4.19. The van der Waals surface area contributed by atoms with Crippen molar-refractivity contribution < 1.29 is 8.42 Å². The summed E-state index contributed by atoms with van der Waals surface area (Å²) in [5.74, 6) is 0. The van der Waals surface area contributed by atoms with Crippen molar-refractivity contribution in [3.63, 3.8) is 0 Å². The van der Waals surface area contributed by atoms with Gasteiger partial charge in [0, 0.05) is 12.6 Å². The topological polar surface area (TPSA) is 72.2 Å². The summed E-state index contributed by atoms with van der Waals surface area (Å²) in [7, 11) is -3.32. The van der Waals surface area contributed by atoms with E-state index in [9.17, 15) is 8.42 Å². The van der Waals surface area contributed by atoms with Crippen LogP contribution in [0.3, 0.4) is 0 Å². The molecular weight excluding hydrogens is 208 g/mol. The van der Waals surface area contributed by atoms with Gasteiger partial charge in [-0.05, 0) is 18.4 Å². The van der Waals surface area contributed by atoms with Gasteiger partial charge in [-0.2, -0.15) is 0 Å². The minimum absolute atomic E-state index is 0.172. The predicted molar refractivity (Wildman–Crippen MR) is 53.2 cm³/mol. The Kier molecular flexibility index (Phi) is 3.43. The van der Waals surface area contributed by atoms with Gasteiger partial charge in [-0.15, -0.1) is 11.3 Å². The monoisotopic (exact) mass is 220 g/mol. The molecule has 1 aromatic heterocycles. The van der Waals surface area contributed by atoms with Crippen molar-refractivity contribution in [3.05, 3.63) is 17.5 Å². The van der Waals surface area contributed by atoms with E-state index >= 15 is 0 Å². The zero-order valence-electron chi connectivity index (χ0n) is 7.23. The van der Waals surface area contributed by atoms with Crippen molar-refractivity contribution in [2.45, 2.75) is 17.2 Å². The number of hydrogen-bond donors (Lipinski definition) is 2. The average Bonchev–Trinajstić information content (AvgIpc) is 2.53. The maximum atomic E-state index is 11.4. The highest BCUT2D eigenvalue weighted by atomic mass is 32.2. The number of hydrogen-bond acceptors (Lipinski definition) is 4. The Morgan fingerprint density at radius 2 is 2.38 bits per heavy atom. The van der Waals surface area contributed by atoms with Gasteiger partial charge in [0.25, 0.3) is 0 Å². The Bertz CT molecular complexity index is 343. The summed E-state index contributed by atoms with van der Waals surface area (Å²) in [5, 5.41) is 1.72. The van der Waals surface area contributed by atoms with Crippen molar-refractivity contribution in [3.8, 4) is 0 Å². The molecule has 74 valence electrons. The van der Waals surface area contributed by atoms with Crippen LogP contribution in [0.15, 0.2) is 21.7 Å². The lowest BCUT2D eigenvalue weighted by molar-refractivity contribution is 0.576. The van der Waals surface area contributed by atoms with E-state index in [1.807, 2.05) is 0 Å². The zero-order valence-corrected chi connectivity index (χ0v) is 8.86. The lowest BCUT2D eigenvalue weighted by Crippen LogP contribution is -2.34. The van der Waals surface area contributed by atoms with Gasteiger partial charge in [0.05, 0.1) is 0 Å². The van der Waals surface area contributed by atoms with Crippen LogP contribution >= 0.6 is 11.3 Å². The van der Waals surface area contributed by atoms with E-state index < -0.39 is 10.0 Å². The summed E-state index contributed by atoms with van der Waals surface area (Å²) in [6, 6.07) is 3.09. The summed E-state index contributed by atoms with van der Waals surface area (Å²) in [4.78, 5) is 0. The maximum absolute atomic E-state index is 11.4. The second-order valence-corrected chi connectivity index (χ2v) is 5.70. The normalized spacial score (nSPS) is 14.3. The third kappa shape index (κ3) is 3.07. The first-order valence-corrected chi connectivity index (χ1v) is 6.17. The summed E-state index contributed by atoms with van der Waals surface area (Å²) >= 11 is 1.19. The largest absolute Gasteiger partial charge is 0.327 e. The minimum Gasteiger partial charge on any atom is -0.327 e. The number of nitrogens with two attached hydrogens (primary N) is 1. The van der Waals surface area contributed by atoms with E-state index in [0.717, 1.165) is 0 Å². The molecule has 0 bridgehead atoms. The van der Waals surface area contributed by atoms with Crippen LogP contribution in [0.5, 0.6) is 0 Å². The molecule has 0 fully saturated rings. The summed E-state index contributed by atoms with van der Waals surface area (Å²) in [6.45, 7) is 2.01. The Balaban J connectivity index is 2.68. The average molecular weight is 220 g/mol. The number of rotatable bonds is 4. The van der Waals surface area contributed by atoms with E-state index in [2.05, 4.69) is 4.72 Å². The first kappa shape index (κ1) is 10.6. The van der Waals surface area contributed by atoms with E-state index in [1.54, 1.807) is 24.4 Å². The highest BCUT2D eigenvalue weighted by molar-refractivity contribution is 7.91. The van der Waals surface area contributed by atoms with E-state index in [4.69, 9.17) is 5.73 Å². The fourth-order valence-corrected chi connectivity index (χ4v) is 2.91. The number of thiophene rings is 1. The first-order chi connectivity index (χ1) is 6.02. The smallest absolute Gasteiger partial charge is 0.250 e. The summed E-state index contributed by atoms with van der Waals surface area (Å²) in [6.07, 6.45) is 0. The maximum Gasteiger partial charge on any atom is 0.250 e. The van der Waals surface area contributed by atoms with Gasteiger partial charge >= 0.3 is 0 Å². The first-order valence-electron chi connectivity index (χ1n) is 3.81. The molecule has 0 saturated carbocycles. The number of sulfonamides is 1. The molecule has 1 unspecified atom stereocenters.